The summed E-state index contributed by atoms with van der Waals surface area (Å²) >= 11 is 1.16. The minimum Gasteiger partial charge on any atom is -0.278 e. The van der Waals surface area contributed by atoms with Crippen molar-refractivity contribution in [2.75, 3.05) is 4.90 Å². The quantitative estimate of drug-likeness (QED) is 0.356. The zero-order chi connectivity index (χ0) is 20.4. The molecule has 2 heterocycles. The lowest BCUT2D eigenvalue weighted by Gasteiger charge is -2.19. The van der Waals surface area contributed by atoms with E-state index >= 15 is 0 Å². The van der Waals surface area contributed by atoms with Gasteiger partial charge >= 0.3 is 0 Å². The van der Waals surface area contributed by atoms with Crippen LogP contribution in [0.3, 0.4) is 0 Å². The number of carbonyl (C=O) groups is 1. The van der Waals surface area contributed by atoms with Gasteiger partial charge in [0.15, 0.2) is 5.13 Å². The molecule has 0 spiro atoms. The molecule has 0 saturated heterocycles. The molecule has 0 unspecified atom stereocenters. The van der Waals surface area contributed by atoms with E-state index in [0.29, 0.717) is 10.4 Å². The zero-order valence-electron chi connectivity index (χ0n) is 14.9. The number of nitro groups is 1. The van der Waals surface area contributed by atoms with Crippen LogP contribution in [0.25, 0.3) is 10.2 Å². The van der Waals surface area contributed by atoms with E-state index in [1.54, 1.807) is 36.5 Å². The van der Waals surface area contributed by atoms with E-state index in [1.807, 2.05) is 0 Å². The third-order valence-corrected chi connectivity index (χ3v) is 5.23. The number of fused-ring (bicyclic) bond motifs is 1. The van der Waals surface area contributed by atoms with Gasteiger partial charge in [0.2, 0.25) is 0 Å². The van der Waals surface area contributed by atoms with Gasteiger partial charge < -0.3 is 0 Å². The maximum absolute atomic E-state index is 14.1. The summed E-state index contributed by atoms with van der Waals surface area (Å²) in [6.45, 7) is 0.0871. The lowest BCUT2D eigenvalue weighted by Crippen LogP contribution is -2.30. The van der Waals surface area contributed by atoms with Gasteiger partial charge in [-0.15, -0.1) is 0 Å². The Hall–Kier alpha value is -3.72. The van der Waals surface area contributed by atoms with Gasteiger partial charge in [-0.2, -0.15) is 0 Å². The molecule has 0 N–H and O–H groups in total. The molecule has 9 heteroatoms. The van der Waals surface area contributed by atoms with E-state index in [4.69, 9.17) is 0 Å². The topological polar surface area (TPSA) is 89.2 Å². The summed E-state index contributed by atoms with van der Waals surface area (Å²) in [5, 5.41) is 11.4. The number of hydrogen-bond donors (Lipinski definition) is 0. The molecule has 0 atom stereocenters. The molecule has 2 aromatic heterocycles. The summed E-state index contributed by atoms with van der Waals surface area (Å²) in [6.07, 6.45) is 1.60. The Balaban J connectivity index is 1.79. The van der Waals surface area contributed by atoms with E-state index in [2.05, 4.69) is 9.97 Å². The predicted molar refractivity (Wildman–Crippen MR) is 107 cm³/mol. The molecule has 7 nitrogen and oxygen atoms in total. The van der Waals surface area contributed by atoms with Crippen molar-refractivity contribution in [3.8, 4) is 0 Å². The van der Waals surface area contributed by atoms with Gasteiger partial charge in [-0.25, -0.2) is 9.37 Å². The van der Waals surface area contributed by atoms with Crippen LogP contribution in [0.4, 0.5) is 15.2 Å². The van der Waals surface area contributed by atoms with Gasteiger partial charge in [0.1, 0.15) is 11.3 Å². The number of non-ortho nitro benzene ring substituents is 1. The SMILES string of the molecule is O=C(c1cccc([N+](=O)[O-])c1)N(Cc1ccccn1)c1nc2c(F)cccc2s1. The predicted octanol–water partition coefficient (Wildman–Crippen LogP) is 4.59. The highest BCUT2D eigenvalue weighted by molar-refractivity contribution is 7.22. The van der Waals surface area contributed by atoms with E-state index in [0.717, 1.165) is 11.3 Å². The number of para-hydroxylation sites is 1. The average molecular weight is 408 g/mol. The third kappa shape index (κ3) is 3.81. The second-order valence-electron chi connectivity index (χ2n) is 6.10. The third-order valence-electron chi connectivity index (χ3n) is 4.18. The molecule has 4 aromatic rings. The Morgan fingerprint density at radius 3 is 2.69 bits per heavy atom. The summed E-state index contributed by atoms with van der Waals surface area (Å²) in [5.74, 6) is -0.968. The second-order valence-corrected chi connectivity index (χ2v) is 7.11. The van der Waals surface area contributed by atoms with E-state index in [1.165, 1.54) is 35.2 Å². The standard InChI is InChI=1S/C20H13FN4O3S/c21-16-8-4-9-17-18(16)23-20(29-17)24(12-14-6-1-2-10-22-14)19(26)13-5-3-7-15(11-13)25(27)28/h1-11H,12H2. The highest BCUT2D eigenvalue weighted by Crippen LogP contribution is 2.32. The maximum Gasteiger partial charge on any atom is 0.270 e. The number of nitrogens with zero attached hydrogens (tertiary/aromatic N) is 4. The second kappa shape index (κ2) is 7.72. The Morgan fingerprint density at radius 1 is 1.14 bits per heavy atom. The molecule has 0 aliphatic rings. The molecule has 1 amide bonds. The zero-order valence-corrected chi connectivity index (χ0v) is 15.7. The number of carbonyl (C=O) groups excluding carboxylic acids is 1. The summed E-state index contributed by atoms with van der Waals surface area (Å²) in [7, 11) is 0. The maximum atomic E-state index is 14.1. The van der Waals surface area contributed by atoms with Crippen LogP contribution >= 0.6 is 11.3 Å². The molecule has 144 valence electrons. The van der Waals surface area contributed by atoms with Crippen molar-refractivity contribution < 1.29 is 14.1 Å². The smallest absolute Gasteiger partial charge is 0.270 e. The summed E-state index contributed by atoms with van der Waals surface area (Å²) in [5.41, 5.74) is 0.718. The van der Waals surface area contributed by atoms with Crippen LogP contribution in [0.15, 0.2) is 66.9 Å². The lowest BCUT2D eigenvalue weighted by atomic mass is 10.1. The van der Waals surface area contributed by atoms with Crippen molar-refractivity contribution >= 4 is 38.3 Å². The van der Waals surface area contributed by atoms with Gasteiger partial charge in [0.25, 0.3) is 11.6 Å². The van der Waals surface area contributed by atoms with Crippen molar-refractivity contribution in [3.05, 3.63) is 94.0 Å². The number of anilines is 1. The first-order chi connectivity index (χ1) is 14.0. The van der Waals surface area contributed by atoms with E-state index < -0.39 is 16.6 Å². The normalized spacial score (nSPS) is 10.8. The number of nitro benzene ring substituents is 1. The number of pyridine rings is 1. The van der Waals surface area contributed by atoms with Crippen molar-refractivity contribution in [2.45, 2.75) is 6.54 Å². The highest BCUT2D eigenvalue weighted by Gasteiger charge is 2.24. The Kier molecular flexibility index (Phi) is 4.96. The van der Waals surface area contributed by atoms with Crippen LogP contribution in [-0.4, -0.2) is 20.8 Å². The van der Waals surface area contributed by atoms with Gasteiger partial charge in [-0.05, 0) is 30.3 Å². The highest BCUT2D eigenvalue weighted by atomic mass is 32.1. The first kappa shape index (κ1) is 18.6. The molecule has 29 heavy (non-hydrogen) atoms. The van der Waals surface area contributed by atoms with Gasteiger partial charge in [-0.1, -0.05) is 29.5 Å². The fraction of sp³-hybridized carbons (Fsp3) is 0.0500. The molecule has 0 radical (unpaired) electrons. The van der Waals surface area contributed by atoms with Crippen LogP contribution in [0.5, 0.6) is 0 Å². The van der Waals surface area contributed by atoms with Gasteiger partial charge in [0.05, 0.1) is 21.9 Å². The van der Waals surface area contributed by atoms with E-state index in [9.17, 15) is 19.3 Å². The number of halogens is 1. The number of thiazole rings is 1. The van der Waals surface area contributed by atoms with Gasteiger partial charge in [0, 0.05) is 23.9 Å². The minimum atomic E-state index is -0.563. The van der Waals surface area contributed by atoms with Crippen molar-refractivity contribution in [1.29, 1.82) is 0 Å². The Labute approximate surface area is 168 Å². The largest absolute Gasteiger partial charge is 0.278 e. The Morgan fingerprint density at radius 2 is 1.97 bits per heavy atom. The lowest BCUT2D eigenvalue weighted by molar-refractivity contribution is -0.384. The van der Waals surface area contributed by atoms with Crippen molar-refractivity contribution in [2.24, 2.45) is 0 Å². The molecule has 0 aliphatic carbocycles. The van der Waals surface area contributed by atoms with Crippen LogP contribution in [0.1, 0.15) is 16.1 Å². The van der Waals surface area contributed by atoms with Gasteiger partial charge in [-0.3, -0.25) is 24.8 Å². The average Bonchev–Trinajstić information content (AvgIpc) is 3.18. The fourth-order valence-electron chi connectivity index (χ4n) is 2.81. The molecular formula is C20H13FN4O3S. The van der Waals surface area contributed by atoms with Crippen LogP contribution < -0.4 is 4.90 Å². The number of benzene rings is 2. The summed E-state index contributed by atoms with van der Waals surface area (Å²) in [6, 6.07) is 15.4. The number of hydrogen-bond acceptors (Lipinski definition) is 6. The van der Waals surface area contributed by atoms with Crippen molar-refractivity contribution in [1.82, 2.24) is 9.97 Å². The molecule has 4 rings (SSSR count). The fourth-order valence-corrected chi connectivity index (χ4v) is 3.78. The minimum absolute atomic E-state index is 0.0871. The monoisotopic (exact) mass is 408 g/mol. The molecule has 0 saturated carbocycles. The van der Waals surface area contributed by atoms with E-state index in [-0.39, 0.29) is 28.4 Å². The summed E-state index contributed by atoms with van der Waals surface area (Å²) in [4.78, 5) is 33.6. The van der Waals surface area contributed by atoms with Crippen LogP contribution in [0.2, 0.25) is 0 Å². The van der Waals surface area contributed by atoms with Crippen molar-refractivity contribution in [3.63, 3.8) is 0 Å². The van der Waals surface area contributed by atoms with Crippen LogP contribution in [0, 0.1) is 15.9 Å². The van der Waals surface area contributed by atoms with Crippen LogP contribution in [-0.2, 0) is 6.54 Å². The number of amides is 1. The molecule has 2 aromatic carbocycles. The Bertz CT molecular complexity index is 1210. The first-order valence-corrected chi connectivity index (χ1v) is 9.36. The number of aromatic nitrogens is 2. The molecular weight excluding hydrogens is 395 g/mol. The molecule has 0 aliphatic heterocycles. The summed E-state index contributed by atoms with van der Waals surface area (Å²) < 4.78 is 14.7. The molecule has 0 bridgehead atoms. The number of rotatable bonds is 5. The first-order valence-electron chi connectivity index (χ1n) is 8.54. The molecule has 0 fully saturated rings.